The number of carbonyl (C=O) groups excluding carboxylic acids is 1. The quantitative estimate of drug-likeness (QED) is 0.865. The number of hydrogen-bond donors (Lipinski definition) is 1. The number of nitrogens with one attached hydrogen (secondary N) is 1. The smallest absolute Gasteiger partial charge is 0.326 e. The van der Waals surface area contributed by atoms with Crippen LogP contribution in [0.3, 0.4) is 0 Å². The lowest BCUT2D eigenvalue weighted by Gasteiger charge is -2.34. The molecule has 2 amide bonds. The Labute approximate surface area is 138 Å². The fourth-order valence-corrected chi connectivity index (χ4v) is 2.64. The van der Waals surface area contributed by atoms with Gasteiger partial charge in [0, 0.05) is 5.02 Å². The van der Waals surface area contributed by atoms with Crippen LogP contribution in [-0.2, 0) is 0 Å². The second kappa shape index (κ2) is 6.46. The van der Waals surface area contributed by atoms with Gasteiger partial charge in [-0.25, -0.2) is 9.18 Å². The van der Waals surface area contributed by atoms with Gasteiger partial charge in [-0.15, -0.1) is 0 Å². The van der Waals surface area contributed by atoms with Crippen LogP contribution in [0.4, 0.5) is 20.6 Å². The molecule has 1 atom stereocenters. The monoisotopic (exact) mass is 334 g/mol. The van der Waals surface area contributed by atoms with Crippen LogP contribution in [0.15, 0.2) is 42.5 Å². The topological polar surface area (TPSA) is 41.6 Å². The van der Waals surface area contributed by atoms with Crippen molar-refractivity contribution in [2.24, 2.45) is 0 Å². The average Bonchev–Trinajstić information content (AvgIpc) is 2.56. The van der Waals surface area contributed by atoms with Crippen molar-refractivity contribution in [2.45, 2.75) is 19.4 Å². The van der Waals surface area contributed by atoms with Crippen LogP contribution in [0.5, 0.6) is 5.75 Å². The van der Waals surface area contributed by atoms with Gasteiger partial charge in [0.15, 0.2) is 0 Å². The van der Waals surface area contributed by atoms with E-state index < -0.39 is 11.8 Å². The fraction of sp³-hybridized carbons (Fsp3) is 0.235. The molecule has 0 unspecified atom stereocenters. The number of urea groups is 1. The first-order valence-electron chi connectivity index (χ1n) is 7.37. The van der Waals surface area contributed by atoms with E-state index in [-0.39, 0.29) is 11.8 Å². The molecular weight excluding hydrogens is 319 g/mol. The van der Waals surface area contributed by atoms with Crippen molar-refractivity contribution in [1.82, 2.24) is 0 Å². The number of amides is 2. The highest BCUT2D eigenvalue weighted by Gasteiger charge is 2.29. The Morgan fingerprint density at radius 2 is 2.17 bits per heavy atom. The van der Waals surface area contributed by atoms with Crippen molar-refractivity contribution in [1.29, 1.82) is 0 Å². The van der Waals surface area contributed by atoms with Gasteiger partial charge in [-0.2, -0.15) is 0 Å². The van der Waals surface area contributed by atoms with Crippen LogP contribution in [0, 0.1) is 5.82 Å². The molecule has 1 N–H and O–H groups in total. The number of anilines is 2. The fourth-order valence-electron chi connectivity index (χ4n) is 2.47. The van der Waals surface area contributed by atoms with Crippen LogP contribution >= 0.6 is 11.6 Å². The predicted octanol–water partition coefficient (Wildman–Crippen LogP) is 4.69. The van der Waals surface area contributed by atoms with Gasteiger partial charge in [0.1, 0.15) is 17.7 Å². The van der Waals surface area contributed by atoms with Crippen molar-refractivity contribution in [3.63, 3.8) is 0 Å². The Morgan fingerprint density at radius 3 is 2.91 bits per heavy atom. The molecule has 0 saturated heterocycles. The molecule has 4 nitrogen and oxygen atoms in total. The molecule has 0 bridgehead atoms. The van der Waals surface area contributed by atoms with Crippen LogP contribution in [0.25, 0.3) is 0 Å². The maximum Gasteiger partial charge on any atom is 0.326 e. The minimum Gasteiger partial charge on any atom is -0.486 e. The van der Waals surface area contributed by atoms with Crippen LogP contribution in [0.2, 0.25) is 5.02 Å². The third-order valence-electron chi connectivity index (χ3n) is 3.71. The van der Waals surface area contributed by atoms with Gasteiger partial charge in [0.05, 0.1) is 17.9 Å². The van der Waals surface area contributed by atoms with Gasteiger partial charge in [0.2, 0.25) is 0 Å². The molecule has 0 fully saturated rings. The summed E-state index contributed by atoms with van der Waals surface area (Å²) in [7, 11) is 0. The zero-order valence-electron chi connectivity index (χ0n) is 12.6. The highest BCUT2D eigenvalue weighted by molar-refractivity contribution is 6.31. The summed E-state index contributed by atoms with van der Waals surface area (Å²) in [5.74, 6) is 0.114. The van der Waals surface area contributed by atoms with Crippen LogP contribution in [-0.4, -0.2) is 18.7 Å². The molecule has 1 aliphatic rings. The Balaban J connectivity index is 1.90. The molecule has 0 saturated carbocycles. The van der Waals surface area contributed by atoms with E-state index in [0.717, 1.165) is 6.42 Å². The Hall–Kier alpha value is -2.27. The zero-order chi connectivity index (χ0) is 16.4. The number of para-hydroxylation sites is 1. The molecule has 2 aromatic rings. The summed E-state index contributed by atoms with van der Waals surface area (Å²) in [6.07, 6.45) is 0.640. The molecule has 0 aliphatic carbocycles. The Kier molecular flexibility index (Phi) is 4.39. The van der Waals surface area contributed by atoms with E-state index in [9.17, 15) is 9.18 Å². The molecular formula is C17H16ClFN2O2. The highest BCUT2D eigenvalue weighted by atomic mass is 35.5. The third-order valence-corrected chi connectivity index (χ3v) is 3.94. The number of fused-ring (bicyclic) bond motifs is 1. The minimum atomic E-state index is -0.479. The van der Waals surface area contributed by atoms with Gasteiger partial charge in [-0.05, 0) is 36.8 Å². The summed E-state index contributed by atoms with van der Waals surface area (Å²) in [5, 5.41) is 3.10. The lowest BCUT2D eigenvalue weighted by Crippen LogP contribution is -2.45. The molecule has 0 spiro atoms. The molecule has 0 aromatic heterocycles. The van der Waals surface area contributed by atoms with Crippen molar-refractivity contribution in [3.05, 3.63) is 53.3 Å². The molecule has 0 radical (unpaired) electrons. The molecule has 2 aromatic carbocycles. The lowest BCUT2D eigenvalue weighted by atomic mass is 10.1. The van der Waals surface area contributed by atoms with E-state index >= 15 is 0 Å². The normalized spacial score (nSPS) is 16.5. The molecule has 1 aliphatic heterocycles. The highest BCUT2D eigenvalue weighted by Crippen LogP contribution is 2.36. The summed E-state index contributed by atoms with van der Waals surface area (Å²) in [6, 6.07) is 10.8. The van der Waals surface area contributed by atoms with Crippen molar-refractivity contribution in [2.75, 3.05) is 16.8 Å². The first kappa shape index (κ1) is 15.6. The van der Waals surface area contributed by atoms with E-state index in [2.05, 4.69) is 5.32 Å². The summed E-state index contributed by atoms with van der Waals surface area (Å²) in [4.78, 5) is 14.1. The number of rotatable bonds is 2. The number of hydrogen-bond acceptors (Lipinski definition) is 2. The second-order valence-electron chi connectivity index (χ2n) is 5.28. The zero-order valence-corrected chi connectivity index (χ0v) is 13.3. The maximum atomic E-state index is 13.7. The average molecular weight is 335 g/mol. The first-order valence-corrected chi connectivity index (χ1v) is 7.75. The number of nitrogens with zero attached hydrogens (tertiary/aromatic N) is 1. The number of halogens is 2. The SMILES string of the molecule is CC[C@H]1CN(C(=O)Nc2ccccc2F)c2cc(Cl)ccc2O1. The summed E-state index contributed by atoms with van der Waals surface area (Å²) >= 11 is 6.03. The largest absolute Gasteiger partial charge is 0.486 e. The third kappa shape index (κ3) is 3.24. The first-order chi connectivity index (χ1) is 11.1. The molecule has 23 heavy (non-hydrogen) atoms. The minimum absolute atomic E-state index is 0.116. The Bertz CT molecular complexity index is 738. The molecule has 6 heteroatoms. The summed E-state index contributed by atoms with van der Waals surface area (Å²) in [6.45, 7) is 2.36. The molecule has 3 rings (SSSR count). The van der Waals surface area contributed by atoms with Crippen LogP contribution < -0.4 is 15.0 Å². The number of benzene rings is 2. The van der Waals surface area contributed by atoms with E-state index in [1.165, 1.54) is 17.0 Å². The number of ether oxygens (including phenoxy) is 1. The van der Waals surface area contributed by atoms with E-state index in [4.69, 9.17) is 16.3 Å². The van der Waals surface area contributed by atoms with Gasteiger partial charge >= 0.3 is 6.03 Å². The van der Waals surface area contributed by atoms with Gasteiger partial charge < -0.3 is 10.1 Å². The van der Waals surface area contributed by atoms with Gasteiger partial charge in [0.25, 0.3) is 0 Å². The standard InChI is InChI=1S/C17H16ClFN2O2/c1-2-12-10-21(15-9-11(18)7-8-16(15)23-12)17(22)20-14-6-4-3-5-13(14)19/h3-9,12H,2,10H2,1H3,(H,20,22)/t12-/m0/s1. The predicted molar refractivity (Wildman–Crippen MR) is 88.9 cm³/mol. The number of carbonyl (C=O) groups is 1. The second-order valence-corrected chi connectivity index (χ2v) is 5.72. The van der Waals surface area contributed by atoms with Crippen molar-refractivity contribution >= 4 is 29.0 Å². The summed E-state index contributed by atoms with van der Waals surface area (Å²) in [5.41, 5.74) is 0.719. The van der Waals surface area contributed by atoms with Crippen molar-refractivity contribution in [3.8, 4) is 5.75 Å². The van der Waals surface area contributed by atoms with E-state index in [1.807, 2.05) is 6.92 Å². The Morgan fingerprint density at radius 1 is 1.39 bits per heavy atom. The van der Waals surface area contributed by atoms with Crippen molar-refractivity contribution < 1.29 is 13.9 Å². The van der Waals surface area contributed by atoms with E-state index in [1.54, 1.807) is 30.3 Å². The lowest BCUT2D eigenvalue weighted by molar-refractivity contribution is 0.188. The van der Waals surface area contributed by atoms with Gasteiger partial charge in [-0.3, -0.25) is 4.90 Å². The maximum absolute atomic E-state index is 13.7. The van der Waals surface area contributed by atoms with E-state index in [0.29, 0.717) is 23.0 Å². The van der Waals surface area contributed by atoms with Gasteiger partial charge in [-0.1, -0.05) is 30.7 Å². The van der Waals surface area contributed by atoms with Crippen LogP contribution in [0.1, 0.15) is 13.3 Å². The molecule has 120 valence electrons. The summed E-state index contributed by atoms with van der Waals surface area (Å²) < 4.78 is 19.6. The molecule has 1 heterocycles.